The van der Waals surface area contributed by atoms with Gasteiger partial charge in [0, 0.05) is 13.1 Å². The molecule has 1 heterocycles. The second-order valence-corrected chi connectivity index (χ2v) is 7.60. The summed E-state index contributed by atoms with van der Waals surface area (Å²) < 4.78 is 72.4. The van der Waals surface area contributed by atoms with Crippen molar-refractivity contribution >= 4 is 21.7 Å². The van der Waals surface area contributed by atoms with Crippen molar-refractivity contribution in [3.8, 4) is 5.75 Å². The van der Waals surface area contributed by atoms with Crippen LogP contribution in [0.3, 0.4) is 0 Å². The van der Waals surface area contributed by atoms with Crippen molar-refractivity contribution in [2.24, 2.45) is 0 Å². The van der Waals surface area contributed by atoms with Gasteiger partial charge in [-0.3, -0.25) is 4.55 Å². The minimum absolute atomic E-state index is 0.0666. The first-order valence-corrected chi connectivity index (χ1v) is 9.57. The topological polar surface area (TPSA) is 75.6 Å². The maximum Gasteiger partial charge on any atom is 0.417 e. The monoisotopic (exact) mass is 423 g/mol. The molecule has 0 aliphatic carbocycles. The fraction of sp³-hybridized carbons (Fsp3) is 0.294. The van der Waals surface area contributed by atoms with Crippen LogP contribution in [0.25, 0.3) is 0 Å². The Morgan fingerprint density at radius 1 is 1.15 bits per heavy atom. The SMILES string of the molecule is Cc1ccc(S(=O)(=O)O)cc1.FC(F)(F)c1cccc(OC2CNC2)c1Cl. The largest absolute Gasteiger partial charge is 0.486 e. The van der Waals surface area contributed by atoms with E-state index in [0.717, 1.165) is 11.6 Å². The first-order chi connectivity index (χ1) is 12.5. The Kier molecular flexibility index (Phi) is 6.74. The van der Waals surface area contributed by atoms with E-state index in [1.54, 1.807) is 12.1 Å². The molecule has 2 N–H and O–H groups in total. The van der Waals surface area contributed by atoms with Gasteiger partial charge in [-0.2, -0.15) is 21.6 Å². The lowest BCUT2D eigenvalue weighted by Crippen LogP contribution is -2.50. The smallest absolute Gasteiger partial charge is 0.417 e. The number of hydrogen-bond donors (Lipinski definition) is 2. The van der Waals surface area contributed by atoms with E-state index in [1.807, 2.05) is 6.92 Å². The third-order valence-corrected chi connectivity index (χ3v) is 4.88. The Morgan fingerprint density at radius 2 is 1.74 bits per heavy atom. The highest BCUT2D eigenvalue weighted by Crippen LogP contribution is 2.39. The minimum atomic E-state index is -4.45. The highest BCUT2D eigenvalue weighted by Gasteiger charge is 2.34. The molecule has 0 unspecified atom stereocenters. The lowest BCUT2D eigenvalue weighted by atomic mass is 10.2. The highest BCUT2D eigenvalue weighted by atomic mass is 35.5. The van der Waals surface area contributed by atoms with Crippen molar-refractivity contribution in [1.29, 1.82) is 0 Å². The van der Waals surface area contributed by atoms with Crippen LogP contribution in [0.15, 0.2) is 47.4 Å². The summed E-state index contributed by atoms with van der Waals surface area (Å²) in [5.41, 5.74) is 0.0938. The summed E-state index contributed by atoms with van der Waals surface area (Å²) >= 11 is 5.65. The Labute approximate surface area is 159 Å². The molecule has 0 spiro atoms. The second-order valence-electron chi connectivity index (χ2n) is 5.80. The predicted molar refractivity (Wildman–Crippen MR) is 94.7 cm³/mol. The van der Waals surface area contributed by atoms with Crippen LogP contribution < -0.4 is 10.1 Å². The molecule has 1 saturated heterocycles. The van der Waals surface area contributed by atoms with Crippen molar-refractivity contribution in [1.82, 2.24) is 5.32 Å². The molecule has 1 fully saturated rings. The second kappa shape index (κ2) is 8.47. The summed E-state index contributed by atoms with van der Waals surface area (Å²) in [6.07, 6.45) is -4.55. The lowest BCUT2D eigenvalue weighted by Gasteiger charge is -2.28. The number of benzene rings is 2. The summed E-state index contributed by atoms with van der Waals surface area (Å²) in [4.78, 5) is -0.0666. The number of alkyl halides is 3. The first kappa shape index (κ1) is 21.5. The third kappa shape index (κ3) is 6.10. The zero-order valence-corrected chi connectivity index (χ0v) is 15.7. The molecular formula is C17H17ClF3NO4S. The van der Waals surface area contributed by atoms with Crippen molar-refractivity contribution in [3.63, 3.8) is 0 Å². The van der Waals surface area contributed by atoms with E-state index in [1.165, 1.54) is 24.3 Å². The van der Waals surface area contributed by atoms with Crippen LogP contribution >= 0.6 is 11.6 Å². The van der Waals surface area contributed by atoms with Gasteiger partial charge < -0.3 is 10.1 Å². The third-order valence-electron chi connectivity index (χ3n) is 3.63. The van der Waals surface area contributed by atoms with Gasteiger partial charge in [0.25, 0.3) is 10.1 Å². The van der Waals surface area contributed by atoms with Gasteiger partial charge in [-0.15, -0.1) is 0 Å². The van der Waals surface area contributed by atoms with Gasteiger partial charge in [-0.05, 0) is 31.2 Å². The Morgan fingerprint density at radius 3 is 2.19 bits per heavy atom. The number of nitrogens with one attached hydrogen (secondary N) is 1. The average molecular weight is 424 g/mol. The zero-order valence-electron chi connectivity index (χ0n) is 14.1. The van der Waals surface area contributed by atoms with Crippen LogP contribution in [0.5, 0.6) is 5.75 Å². The molecule has 148 valence electrons. The molecule has 1 aliphatic rings. The average Bonchev–Trinajstić information content (AvgIpc) is 2.51. The number of ether oxygens (including phenoxy) is 1. The number of halogens is 4. The highest BCUT2D eigenvalue weighted by molar-refractivity contribution is 7.85. The van der Waals surface area contributed by atoms with Gasteiger partial charge in [0.2, 0.25) is 0 Å². The molecule has 1 aliphatic heterocycles. The molecule has 0 bridgehead atoms. The zero-order chi connectivity index (χ0) is 20.2. The van der Waals surface area contributed by atoms with Crippen LogP contribution in [-0.2, 0) is 16.3 Å². The Hall–Kier alpha value is -1.81. The van der Waals surface area contributed by atoms with Gasteiger partial charge in [0.1, 0.15) is 11.9 Å². The maximum absolute atomic E-state index is 12.5. The van der Waals surface area contributed by atoms with Crippen molar-refractivity contribution in [2.45, 2.75) is 24.1 Å². The first-order valence-electron chi connectivity index (χ1n) is 7.75. The van der Waals surface area contributed by atoms with E-state index in [9.17, 15) is 21.6 Å². The summed E-state index contributed by atoms with van der Waals surface area (Å²) in [6.45, 7) is 3.10. The van der Waals surface area contributed by atoms with Crippen molar-refractivity contribution in [2.75, 3.05) is 13.1 Å². The van der Waals surface area contributed by atoms with Crippen LogP contribution in [0.1, 0.15) is 11.1 Å². The summed E-state index contributed by atoms with van der Waals surface area (Å²) in [6, 6.07) is 9.65. The van der Waals surface area contributed by atoms with Crippen LogP contribution in [0.2, 0.25) is 5.02 Å². The fourth-order valence-corrected chi connectivity index (χ4v) is 2.81. The van der Waals surface area contributed by atoms with E-state index >= 15 is 0 Å². The molecule has 2 aromatic rings. The molecular weight excluding hydrogens is 407 g/mol. The standard InChI is InChI=1S/C10H9ClF3NO.C7H8O3S/c11-9-7(10(12,13)14)2-1-3-8(9)16-6-4-15-5-6;1-6-2-4-7(5-3-6)11(8,9)10/h1-3,6,15H,4-5H2;2-5H,1H3,(H,8,9,10). The number of hydrogen-bond acceptors (Lipinski definition) is 4. The summed E-state index contributed by atoms with van der Waals surface area (Å²) in [7, 11) is -4.02. The Bertz CT molecular complexity index is 882. The van der Waals surface area contributed by atoms with Gasteiger partial charge in [0.05, 0.1) is 15.5 Å². The van der Waals surface area contributed by atoms with E-state index in [-0.39, 0.29) is 21.8 Å². The molecule has 27 heavy (non-hydrogen) atoms. The van der Waals surface area contributed by atoms with Crippen LogP contribution in [0, 0.1) is 6.92 Å². The molecule has 0 saturated carbocycles. The normalized spacial score (nSPS) is 14.7. The van der Waals surface area contributed by atoms with Gasteiger partial charge in [-0.1, -0.05) is 35.4 Å². The minimum Gasteiger partial charge on any atom is -0.486 e. The molecule has 0 aromatic heterocycles. The summed E-state index contributed by atoms with van der Waals surface area (Å²) in [5, 5.41) is 2.58. The van der Waals surface area contributed by atoms with Crippen molar-refractivity contribution in [3.05, 3.63) is 58.6 Å². The van der Waals surface area contributed by atoms with E-state index < -0.39 is 21.9 Å². The summed E-state index contributed by atoms with van der Waals surface area (Å²) in [5.74, 6) is 0.0861. The van der Waals surface area contributed by atoms with Gasteiger partial charge in [0.15, 0.2) is 0 Å². The quantitative estimate of drug-likeness (QED) is 0.731. The van der Waals surface area contributed by atoms with Crippen LogP contribution in [0.4, 0.5) is 13.2 Å². The molecule has 5 nitrogen and oxygen atoms in total. The van der Waals surface area contributed by atoms with E-state index in [0.29, 0.717) is 13.1 Å². The van der Waals surface area contributed by atoms with E-state index in [4.69, 9.17) is 20.9 Å². The molecule has 0 amide bonds. The maximum atomic E-state index is 12.5. The number of aryl methyl sites for hydroxylation is 1. The van der Waals surface area contributed by atoms with Crippen molar-refractivity contribution < 1.29 is 30.9 Å². The van der Waals surface area contributed by atoms with Gasteiger partial charge in [-0.25, -0.2) is 0 Å². The Balaban J connectivity index is 0.000000208. The fourth-order valence-electron chi connectivity index (χ4n) is 2.06. The van der Waals surface area contributed by atoms with Gasteiger partial charge >= 0.3 is 6.18 Å². The molecule has 0 radical (unpaired) electrons. The van der Waals surface area contributed by atoms with Crippen LogP contribution in [-0.4, -0.2) is 32.2 Å². The predicted octanol–water partition coefficient (Wildman–Crippen LogP) is 3.95. The van der Waals surface area contributed by atoms with E-state index in [2.05, 4.69) is 5.32 Å². The lowest BCUT2D eigenvalue weighted by molar-refractivity contribution is -0.137. The number of rotatable bonds is 3. The molecule has 2 aromatic carbocycles. The molecule has 10 heteroatoms. The molecule has 0 atom stereocenters. The molecule has 3 rings (SSSR count).